The van der Waals surface area contributed by atoms with Gasteiger partial charge in [0.2, 0.25) is 0 Å². The van der Waals surface area contributed by atoms with E-state index in [0.29, 0.717) is 23.3 Å². The van der Waals surface area contributed by atoms with Gasteiger partial charge in [-0.05, 0) is 54.7 Å². The minimum atomic E-state index is 0.354. The fraction of sp³-hybridized carbons (Fsp3) is 0.435. The molecule has 1 heterocycles. The summed E-state index contributed by atoms with van der Waals surface area (Å²) in [7, 11) is 1.59. The van der Waals surface area contributed by atoms with E-state index in [9.17, 15) is 0 Å². The van der Waals surface area contributed by atoms with Crippen LogP contribution in [0.2, 0.25) is 5.02 Å². The van der Waals surface area contributed by atoms with E-state index >= 15 is 0 Å². The minimum absolute atomic E-state index is 0.354. The van der Waals surface area contributed by atoms with Crippen molar-refractivity contribution < 1.29 is 4.74 Å². The summed E-state index contributed by atoms with van der Waals surface area (Å²) in [5.74, 6) is 1.95. The fourth-order valence-corrected chi connectivity index (χ4v) is 4.03. The Hall–Kier alpha value is -2.44. The number of guanidine groups is 1. The number of nitrogens with one attached hydrogen (secondary N) is 1. The molecule has 0 radical (unpaired) electrons. The third kappa shape index (κ3) is 5.58. The SMILES string of the molecule is COc1ccc(NC(N)=NCc2ccc(N3CCN(CC4CC4)CC3)cc2)cc1Cl. The van der Waals surface area contributed by atoms with Crippen LogP contribution in [0.5, 0.6) is 5.75 Å². The van der Waals surface area contributed by atoms with Crippen molar-refractivity contribution >= 4 is 28.9 Å². The first-order chi connectivity index (χ1) is 14.6. The number of piperazine rings is 1. The molecular formula is C23H30ClN5O. The first-order valence-corrected chi connectivity index (χ1v) is 11.0. The van der Waals surface area contributed by atoms with Gasteiger partial charge in [-0.2, -0.15) is 0 Å². The van der Waals surface area contributed by atoms with E-state index in [-0.39, 0.29) is 0 Å². The van der Waals surface area contributed by atoms with Gasteiger partial charge >= 0.3 is 0 Å². The highest BCUT2D eigenvalue weighted by molar-refractivity contribution is 6.32. The number of hydrogen-bond acceptors (Lipinski definition) is 4. The third-order valence-corrected chi connectivity index (χ3v) is 6.04. The van der Waals surface area contributed by atoms with Crippen LogP contribution in [0.25, 0.3) is 0 Å². The van der Waals surface area contributed by atoms with Gasteiger partial charge < -0.3 is 20.7 Å². The Morgan fingerprint density at radius 1 is 1.13 bits per heavy atom. The molecule has 0 atom stereocenters. The van der Waals surface area contributed by atoms with Crippen molar-refractivity contribution in [1.29, 1.82) is 0 Å². The lowest BCUT2D eigenvalue weighted by atomic mass is 10.1. The smallest absolute Gasteiger partial charge is 0.193 e. The number of anilines is 2. The molecule has 2 aliphatic rings. The van der Waals surface area contributed by atoms with Crippen molar-refractivity contribution in [3.8, 4) is 5.75 Å². The van der Waals surface area contributed by atoms with E-state index in [2.05, 4.69) is 44.4 Å². The Morgan fingerprint density at radius 3 is 2.50 bits per heavy atom. The van der Waals surface area contributed by atoms with Crippen LogP contribution >= 0.6 is 11.6 Å². The molecule has 2 aromatic carbocycles. The Kier molecular flexibility index (Phi) is 6.65. The molecule has 3 N–H and O–H groups in total. The highest BCUT2D eigenvalue weighted by atomic mass is 35.5. The van der Waals surface area contributed by atoms with Crippen LogP contribution in [0.1, 0.15) is 18.4 Å². The van der Waals surface area contributed by atoms with Gasteiger partial charge in [-0.25, -0.2) is 4.99 Å². The number of halogens is 1. The first-order valence-electron chi connectivity index (χ1n) is 10.6. The summed E-state index contributed by atoms with van der Waals surface area (Å²) in [5.41, 5.74) is 9.21. The summed E-state index contributed by atoms with van der Waals surface area (Å²) >= 11 is 6.15. The molecule has 1 aliphatic carbocycles. The summed E-state index contributed by atoms with van der Waals surface area (Å²) in [6.07, 6.45) is 2.86. The van der Waals surface area contributed by atoms with Gasteiger partial charge in [-0.15, -0.1) is 0 Å². The molecule has 2 fully saturated rings. The molecule has 6 nitrogen and oxygen atoms in total. The van der Waals surface area contributed by atoms with Crippen LogP contribution in [0.3, 0.4) is 0 Å². The monoisotopic (exact) mass is 427 g/mol. The van der Waals surface area contributed by atoms with E-state index in [1.54, 1.807) is 19.2 Å². The van der Waals surface area contributed by atoms with Crippen LogP contribution in [-0.4, -0.2) is 50.7 Å². The number of hydrogen-bond donors (Lipinski definition) is 2. The molecule has 2 aromatic rings. The molecule has 1 saturated carbocycles. The predicted octanol–water partition coefficient (Wildman–Crippen LogP) is 3.81. The second-order valence-corrected chi connectivity index (χ2v) is 8.48. The molecule has 30 heavy (non-hydrogen) atoms. The van der Waals surface area contributed by atoms with Gasteiger partial charge in [-0.1, -0.05) is 23.7 Å². The van der Waals surface area contributed by atoms with Crippen molar-refractivity contribution in [2.75, 3.05) is 50.1 Å². The average molecular weight is 428 g/mol. The molecule has 160 valence electrons. The van der Waals surface area contributed by atoms with E-state index in [1.807, 2.05) is 6.07 Å². The van der Waals surface area contributed by atoms with Crippen LogP contribution in [0.4, 0.5) is 11.4 Å². The zero-order valence-electron chi connectivity index (χ0n) is 17.5. The molecular weight excluding hydrogens is 398 g/mol. The van der Waals surface area contributed by atoms with Crippen molar-refractivity contribution in [1.82, 2.24) is 4.90 Å². The van der Waals surface area contributed by atoms with Crippen LogP contribution in [0.15, 0.2) is 47.5 Å². The van der Waals surface area contributed by atoms with Gasteiger partial charge in [0.1, 0.15) is 5.75 Å². The van der Waals surface area contributed by atoms with Crippen molar-refractivity contribution in [2.24, 2.45) is 16.6 Å². The number of aliphatic imine (C=N–C) groups is 1. The second-order valence-electron chi connectivity index (χ2n) is 8.07. The number of methoxy groups -OCH3 is 1. The van der Waals surface area contributed by atoms with Crippen molar-refractivity contribution in [3.63, 3.8) is 0 Å². The highest BCUT2D eigenvalue weighted by Crippen LogP contribution is 2.30. The summed E-state index contributed by atoms with van der Waals surface area (Å²) in [4.78, 5) is 9.52. The average Bonchev–Trinajstić information content (AvgIpc) is 3.57. The number of nitrogens with zero attached hydrogens (tertiary/aromatic N) is 3. The van der Waals surface area contributed by atoms with Crippen LogP contribution in [-0.2, 0) is 6.54 Å². The fourth-order valence-electron chi connectivity index (χ4n) is 3.77. The van der Waals surface area contributed by atoms with Crippen molar-refractivity contribution in [3.05, 3.63) is 53.1 Å². The molecule has 0 unspecified atom stereocenters. The van der Waals surface area contributed by atoms with Crippen molar-refractivity contribution in [2.45, 2.75) is 19.4 Å². The topological polar surface area (TPSA) is 66.1 Å². The molecule has 0 bridgehead atoms. The molecule has 0 spiro atoms. The lowest BCUT2D eigenvalue weighted by molar-refractivity contribution is 0.248. The van der Waals surface area contributed by atoms with E-state index in [4.69, 9.17) is 22.1 Å². The quantitative estimate of drug-likeness (QED) is 0.519. The molecule has 1 saturated heterocycles. The van der Waals surface area contributed by atoms with Gasteiger partial charge in [-0.3, -0.25) is 4.90 Å². The van der Waals surface area contributed by atoms with Gasteiger partial charge in [0, 0.05) is 44.1 Å². The molecule has 0 amide bonds. The Labute approximate surface area is 183 Å². The number of benzene rings is 2. The summed E-state index contributed by atoms with van der Waals surface area (Å²) < 4.78 is 5.16. The third-order valence-electron chi connectivity index (χ3n) is 5.74. The highest BCUT2D eigenvalue weighted by Gasteiger charge is 2.26. The van der Waals surface area contributed by atoms with E-state index in [0.717, 1.165) is 30.3 Å². The second kappa shape index (κ2) is 9.58. The number of ether oxygens (including phenoxy) is 1. The van der Waals surface area contributed by atoms with Crippen LogP contribution in [0, 0.1) is 5.92 Å². The first kappa shape index (κ1) is 20.8. The molecule has 7 heteroatoms. The standard InChI is InChI=1S/C23H30ClN5O/c1-30-22-9-6-19(14-21(22)24)27-23(25)26-15-17-4-7-20(8-5-17)29-12-10-28(11-13-29)16-18-2-3-18/h4-9,14,18H,2-3,10-13,15-16H2,1H3,(H3,25,26,27). The summed E-state index contributed by atoms with van der Waals surface area (Å²) in [6.45, 7) is 6.36. The Balaban J connectivity index is 1.27. The zero-order valence-corrected chi connectivity index (χ0v) is 18.2. The molecule has 1 aliphatic heterocycles. The summed E-state index contributed by atoms with van der Waals surface area (Å²) in [6, 6.07) is 14.1. The number of nitrogens with two attached hydrogens (primary N) is 1. The maximum atomic E-state index is 6.15. The van der Waals surface area contributed by atoms with E-state index in [1.165, 1.54) is 38.2 Å². The lowest BCUT2D eigenvalue weighted by Crippen LogP contribution is -2.47. The largest absolute Gasteiger partial charge is 0.495 e. The zero-order chi connectivity index (χ0) is 20.9. The normalized spacial score (nSPS) is 17.8. The van der Waals surface area contributed by atoms with Crippen LogP contribution < -0.4 is 20.7 Å². The molecule has 4 rings (SSSR count). The predicted molar refractivity (Wildman–Crippen MR) is 125 cm³/mol. The minimum Gasteiger partial charge on any atom is -0.495 e. The van der Waals surface area contributed by atoms with Gasteiger partial charge in [0.25, 0.3) is 0 Å². The maximum Gasteiger partial charge on any atom is 0.193 e. The Bertz CT molecular complexity index is 874. The van der Waals surface area contributed by atoms with Gasteiger partial charge in [0.15, 0.2) is 5.96 Å². The maximum absolute atomic E-state index is 6.15. The van der Waals surface area contributed by atoms with Gasteiger partial charge in [0.05, 0.1) is 18.7 Å². The molecule has 0 aromatic heterocycles. The lowest BCUT2D eigenvalue weighted by Gasteiger charge is -2.36. The Morgan fingerprint density at radius 2 is 1.87 bits per heavy atom. The summed E-state index contributed by atoms with van der Waals surface area (Å²) in [5, 5.41) is 3.59. The number of rotatable bonds is 7. The van der Waals surface area contributed by atoms with E-state index < -0.39 is 0 Å².